The number of hydrogen-bond donors (Lipinski definition) is 0. The zero-order valence-corrected chi connectivity index (χ0v) is 13.9. The average Bonchev–Trinajstić information content (AvgIpc) is 2.54. The standard InChI is InChI=1S/C18H23N3O2/c1-19(2)11-12-21(14-15-7-5-4-6-8-15)18(23)16-9-10-20(3)17(22)13-16/h4-10,13H,11-12,14H2,1-3H3. The highest BCUT2D eigenvalue weighted by atomic mass is 16.2. The summed E-state index contributed by atoms with van der Waals surface area (Å²) in [5.74, 6) is -0.117. The smallest absolute Gasteiger partial charge is 0.254 e. The van der Waals surface area contributed by atoms with E-state index in [0.717, 1.165) is 12.1 Å². The number of likely N-dealkylation sites (N-methyl/N-ethyl adjacent to an activating group) is 1. The summed E-state index contributed by atoms with van der Waals surface area (Å²) < 4.78 is 1.46. The van der Waals surface area contributed by atoms with E-state index in [2.05, 4.69) is 0 Å². The highest BCUT2D eigenvalue weighted by Gasteiger charge is 2.17. The Kier molecular flexibility index (Phi) is 5.71. The van der Waals surface area contributed by atoms with Gasteiger partial charge in [0.25, 0.3) is 11.5 Å². The monoisotopic (exact) mass is 313 g/mol. The molecule has 1 amide bonds. The quantitative estimate of drug-likeness (QED) is 0.813. The van der Waals surface area contributed by atoms with E-state index in [4.69, 9.17) is 0 Å². The van der Waals surface area contributed by atoms with Crippen LogP contribution in [-0.2, 0) is 13.6 Å². The highest BCUT2D eigenvalue weighted by Crippen LogP contribution is 2.09. The molecule has 122 valence electrons. The van der Waals surface area contributed by atoms with Crippen LogP contribution in [0.5, 0.6) is 0 Å². The van der Waals surface area contributed by atoms with Gasteiger partial charge in [0.1, 0.15) is 0 Å². The molecule has 0 N–H and O–H groups in total. The molecule has 5 heteroatoms. The Morgan fingerprint density at radius 2 is 1.78 bits per heavy atom. The van der Waals surface area contributed by atoms with Gasteiger partial charge in [-0.15, -0.1) is 0 Å². The molecule has 23 heavy (non-hydrogen) atoms. The fourth-order valence-electron chi connectivity index (χ4n) is 2.24. The lowest BCUT2D eigenvalue weighted by molar-refractivity contribution is 0.0731. The first-order valence-corrected chi connectivity index (χ1v) is 7.62. The molecule has 0 saturated heterocycles. The third kappa shape index (κ3) is 4.79. The molecule has 0 unspecified atom stereocenters. The van der Waals surface area contributed by atoms with Crippen molar-refractivity contribution in [3.05, 3.63) is 70.1 Å². The number of carbonyl (C=O) groups excluding carboxylic acids is 1. The maximum atomic E-state index is 12.8. The van der Waals surface area contributed by atoms with E-state index in [1.54, 1.807) is 24.2 Å². The van der Waals surface area contributed by atoms with Crippen molar-refractivity contribution in [2.75, 3.05) is 27.2 Å². The van der Waals surface area contributed by atoms with Crippen molar-refractivity contribution in [1.29, 1.82) is 0 Å². The Morgan fingerprint density at radius 1 is 1.09 bits per heavy atom. The van der Waals surface area contributed by atoms with Crippen molar-refractivity contribution in [2.24, 2.45) is 7.05 Å². The Hall–Kier alpha value is -2.40. The molecule has 1 heterocycles. The molecule has 0 aliphatic rings. The summed E-state index contributed by atoms with van der Waals surface area (Å²) >= 11 is 0. The number of rotatable bonds is 6. The Balaban J connectivity index is 2.22. The van der Waals surface area contributed by atoms with E-state index < -0.39 is 0 Å². The molecule has 0 fully saturated rings. The van der Waals surface area contributed by atoms with Gasteiger partial charge in [-0.25, -0.2) is 0 Å². The fraction of sp³-hybridized carbons (Fsp3) is 0.333. The van der Waals surface area contributed by atoms with Gasteiger partial charge in [0, 0.05) is 44.5 Å². The largest absolute Gasteiger partial charge is 0.333 e. The molecule has 2 aromatic rings. The van der Waals surface area contributed by atoms with Crippen LogP contribution in [0.15, 0.2) is 53.5 Å². The van der Waals surface area contributed by atoms with E-state index in [0.29, 0.717) is 18.7 Å². The van der Waals surface area contributed by atoms with E-state index in [-0.39, 0.29) is 11.5 Å². The van der Waals surface area contributed by atoms with Gasteiger partial charge in [-0.1, -0.05) is 30.3 Å². The molecule has 0 radical (unpaired) electrons. The fourth-order valence-corrected chi connectivity index (χ4v) is 2.24. The molecule has 0 aliphatic carbocycles. The van der Waals surface area contributed by atoms with E-state index >= 15 is 0 Å². The predicted octanol–water partition coefficient (Wildman–Crippen LogP) is 1.59. The molecule has 0 bridgehead atoms. The number of aromatic nitrogens is 1. The molecule has 0 aliphatic heterocycles. The summed E-state index contributed by atoms with van der Waals surface area (Å²) in [6, 6.07) is 13.0. The minimum Gasteiger partial charge on any atom is -0.333 e. The second kappa shape index (κ2) is 7.74. The third-order valence-electron chi connectivity index (χ3n) is 3.67. The summed E-state index contributed by atoms with van der Waals surface area (Å²) in [6.45, 7) is 1.90. The zero-order valence-electron chi connectivity index (χ0n) is 13.9. The minimum atomic E-state index is -0.178. The summed E-state index contributed by atoms with van der Waals surface area (Å²) in [5.41, 5.74) is 1.33. The van der Waals surface area contributed by atoms with Gasteiger partial charge in [0.15, 0.2) is 0 Å². The van der Waals surface area contributed by atoms with Crippen LogP contribution in [0.4, 0.5) is 0 Å². The number of nitrogens with zero attached hydrogens (tertiary/aromatic N) is 3. The van der Waals surface area contributed by atoms with Gasteiger partial charge in [0.05, 0.1) is 0 Å². The number of aryl methyl sites for hydroxylation is 1. The van der Waals surface area contributed by atoms with Crippen LogP contribution in [-0.4, -0.2) is 47.5 Å². The molecule has 5 nitrogen and oxygen atoms in total. The van der Waals surface area contributed by atoms with Crippen LogP contribution >= 0.6 is 0 Å². The van der Waals surface area contributed by atoms with Gasteiger partial charge in [-0.05, 0) is 25.7 Å². The Bertz CT molecular complexity index is 708. The van der Waals surface area contributed by atoms with E-state index in [1.807, 2.05) is 49.3 Å². The SMILES string of the molecule is CN(C)CCN(Cc1ccccc1)C(=O)c1ccn(C)c(=O)c1. The van der Waals surface area contributed by atoms with Crippen molar-refractivity contribution >= 4 is 5.91 Å². The van der Waals surface area contributed by atoms with Crippen molar-refractivity contribution in [3.8, 4) is 0 Å². The maximum Gasteiger partial charge on any atom is 0.254 e. The molecule has 0 saturated carbocycles. The lowest BCUT2D eigenvalue weighted by Gasteiger charge is -2.24. The topological polar surface area (TPSA) is 45.5 Å². The van der Waals surface area contributed by atoms with Crippen molar-refractivity contribution in [3.63, 3.8) is 0 Å². The molecular formula is C18H23N3O2. The van der Waals surface area contributed by atoms with Gasteiger partial charge in [0.2, 0.25) is 0 Å². The van der Waals surface area contributed by atoms with Gasteiger partial charge in [-0.2, -0.15) is 0 Å². The summed E-state index contributed by atoms with van der Waals surface area (Å²) in [6.07, 6.45) is 1.63. The van der Waals surface area contributed by atoms with Crippen LogP contribution in [0.1, 0.15) is 15.9 Å². The van der Waals surface area contributed by atoms with Crippen LogP contribution in [0.2, 0.25) is 0 Å². The minimum absolute atomic E-state index is 0.117. The van der Waals surface area contributed by atoms with Gasteiger partial charge < -0.3 is 14.4 Å². The highest BCUT2D eigenvalue weighted by molar-refractivity contribution is 5.94. The normalized spacial score (nSPS) is 10.8. The first-order valence-electron chi connectivity index (χ1n) is 7.62. The number of amides is 1. The van der Waals surface area contributed by atoms with E-state index in [1.165, 1.54) is 10.6 Å². The summed E-state index contributed by atoms with van der Waals surface area (Å²) in [4.78, 5) is 28.4. The van der Waals surface area contributed by atoms with E-state index in [9.17, 15) is 9.59 Å². The maximum absolute atomic E-state index is 12.8. The lowest BCUT2D eigenvalue weighted by Crippen LogP contribution is -2.36. The van der Waals surface area contributed by atoms with Crippen molar-refractivity contribution < 1.29 is 4.79 Å². The first kappa shape index (κ1) is 17.0. The van der Waals surface area contributed by atoms with Gasteiger partial charge >= 0.3 is 0 Å². The summed E-state index contributed by atoms with van der Waals surface area (Å²) in [5, 5.41) is 0. The second-order valence-electron chi connectivity index (χ2n) is 5.88. The third-order valence-corrected chi connectivity index (χ3v) is 3.67. The van der Waals surface area contributed by atoms with Crippen LogP contribution in [0, 0.1) is 0 Å². The molecular weight excluding hydrogens is 290 g/mol. The van der Waals surface area contributed by atoms with Crippen LogP contribution < -0.4 is 5.56 Å². The Morgan fingerprint density at radius 3 is 2.39 bits per heavy atom. The number of pyridine rings is 1. The van der Waals surface area contributed by atoms with Crippen LogP contribution in [0.25, 0.3) is 0 Å². The number of hydrogen-bond acceptors (Lipinski definition) is 3. The first-order chi connectivity index (χ1) is 11.0. The predicted molar refractivity (Wildman–Crippen MR) is 91.4 cm³/mol. The molecule has 1 aromatic heterocycles. The molecule has 0 spiro atoms. The Labute approximate surface area is 136 Å². The van der Waals surface area contributed by atoms with Crippen LogP contribution in [0.3, 0.4) is 0 Å². The van der Waals surface area contributed by atoms with Gasteiger partial charge in [-0.3, -0.25) is 9.59 Å². The zero-order chi connectivity index (χ0) is 16.8. The number of carbonyl (C=O) groups is 1. The van der Waals surface area contributed by atoms with Crippen molar-refractivity contribution in [2.45, 2.75) is 6.54 Å². The number of benzene rings is 1. The second-order valence-corrected chi connectivity index (χ2v) is 5.88. The summed E-state index contributed by atoms with van der Waals surface area (Å²) in [7, 11) is 5.62. The molecule has 1 aromatic carbocycles. The molecule has 0 atom stereocenters. The average molecular weight is 313 g/mol. The lowest BCUT2D eigenvalue weighted by atomic mass is 10.1. The van der Waals surface area contributed by atoms with Crippen molar-refractivity contribution in [1.82, 2.24) is 14.4 Å². The molecule has 2 rings (SSSR count).